The van der Waals surface area contributed by atoms with Crippen molar-refractivity contribution in [2.75, 3.05) is 0 Å². The Morgan fingerprint density at radius 3 is 2.77 bits per heavy atom. The van der Waals surface area contributed by atoms with Crippen molar-refractivity contribution in [2.45, 2.75) is 32.6 Å². The van der Waals surface area contributed by atoms with E-state index in [1.807, 2.05) is 0 Å². The van der Waals surface area contributed by atoms with Crippen LogP contribution in [0, 0.1) is 23.7 Å². The summed E-state index contributed by atoms with van der Waals surface area (Å²) in [6.07, 6.45) is 11.0. The van der Waals surface area contributed by atoms with Crippen LogP contribution in [-0.2, 0) is 4.79 Å². The first-order valence-corrected chi connectivity index (χ1v) is 5.46. The summed E-state index contributed by atoms with van der Waals surface area (Å²) in [6, 6.07) is 0. The lowest BCUT2D eigenvalue weighted by Gasteiger charge is -2.38. The minimum Gasteiger partial charge on any atom is -0.303 e. The van der Waals surface area contributed by atoms with Crippen molar-refractivity contribution in [3.63, 3.8) is 0 Å². The largest absolute Gasteiger partial charge is 0.303 e. The van der Waals surface area contributed by atoms with Gasteiger partial charge in [0.05, 0.1) is 0 Å². The zero-order chi connectivity index (χ0) is 9.26. The number of hydrogen-bond acceptors (Lipinski definition) is 1. The van der Waals surface area contributed by atoms with Gasteiger partial charge in [0.2, 0.25) is 0 Å². The van der Waals surface area contributed by atoms with Crippen LogP contribution in [0.5, 0.6) is 0 Å². The molecule has 0 amide bonds. The third-order valence-electron chi connectivity index (χ3n) is 3.80. The van der Waals surface area contributed by atoms with Crippen molar-refractivity contribution >= 4 is 6.29 Å². The van der Waals surface area contributed by atoms with E-state index in [1.54, 1.807) is 0 Å². The van der Waals surface area contributed by atoms with Crippen LogP contribution in [0.25, 0.3) is 0 Å². The van der Waals surface area contributed by atoms with Gasteiger partial charge in [0, 0.05) is 5.92 Å². The predicted octanol–water partition coefficient (Wildman–Crippen LogP) is 2.81. The molecule has 4 atom stereocenters. The molecule has 2 rings (SSSR count). The molecule has 2 aliphatic carbocycles. The first-order valence-electron chi connectivity index (χ1n) is 5.46. The normalized spacial score (nSPS) is 44.1. The van der Waals surface area contributed by atoms with Gasteiger partial charge in [-0.2, -0.15) is 0 Å². The molecular formula is C12H18O. The van der Waals surface area contributed by atoms with Gasteiger partial charge in [-0.25, -0.2) is 0 Å². The number of rotatable bonds is 1. The van der Waals surface area contributed by atoms with Gasteiger partial charge in [-0.1, -0.05) is 31.9 Å². The van der Waals surface area contributed by atoms with E-state index in [4.69, 9.17) is 0 Å². The molecule has 4 unspecified atom stereocenters. The lowest BCUT2D eigenvalue weighted by Crippen LogP contribution is -2.33. The van der Waals surface area contributed by atoms with Crippen LogP contribution in [0.2, 0.25) is 0 Å². The van der Waals surface area contributed by atoms with E-state index in [0.29, 0.717) is 23.7 Å². The molecule has 0 aromatic heterocycles. The molecule has 0 heterocycles. The molecular weight excluding hydrogens is 160 g/mol. The van der Waals surface area contributed by atoms with E-state index in [1.165, 1.54) is 32.0 Å². The van der Waals surface area contributed by atoms with Crippen LogP contribution in [-0.4, -0.2) is 6.29 Å². The average molecular weight is 178 g/mol. The Morgan fingerprint density at radius 1 is 1.23 bits per heavy atom. The van der Waals surface area contributed by atoms with Gasteiger partial charge in [-0.3, -0.25) is 0 Å². The standard InChI is InChI=1S/C12H18O/c1-9-6-7-10-4-2-3-5-11(10)12(9)8-13/h6-12H,2-5H2,1H3. The van der Waals surface area contributed by atoms with Crippen molar-refractivity contribution in [2.24, 2.45) is 23.7 Å². The zero-order valence-electron chi connectivity index (χ0n) is 8.28. The smallest absolute Gasteiger partial charge is 0.123 e. The second-order valence-corrected chi connectivity index (χ2v) is 4.57. The molecule has 1 heteroatoms. The Balaban J connectivity index is 2.18. The highest BCUT2D eigenvalue weighted by Gasteiger charge is 2.35. The molecule has 1 fully saturated rings. The fourth-order valence-electron chi connectivity index (χ4n) is 2.97. The molecule has 2 aliphatic rings. The summed E-state index contributed by atoms with van der Waals surface area (Å²) in [6.45, 7) is 2.17. The summed E-state index contributed by atoms with van der Waals surface area (Å²) in [5, 5.41) is 0. The maximum atomic E-state index is 11.0. The highest BCUT2D eigenvalue weighted by molar-refractivity contribution is 5.56. The number of carbonyl (C=O) groups excluding carboxylic acids is 1. The summed E-state index contributed by atoms with van der Waals surface area (Å²) in [5.41, 5.74) is 0. The van der Waals surface area contributed by atoms with Crippen LogP contribution >= 0.6 is 0 Å². The van der Waals surface area contributed by atoms with Gasteiger partial charge in [-0.05, 0) is 30.6 Å². The maximum Gasteiger partial charge on any atom is 0.123 e. The van der Waals surface area contributed by atoms with Crippen molar-refractivity contribution < 1.29 is 4.79 Å². The maximum absolute atomic E-state index is 11.0. The SMILES string of the molecule is CC1C=CC2CCCCC2C1C=O. The zero-order valence-corrected chi connectivity index (χ0v) is 8.28. The van der Waals surface area contributed by atoms with Crippen LogP contribution in [0.1, 0.15) is 32.6 Å². The summed E-state index contributed by atoms with van der Waals surface area (Å²) in [5.74, 6) is 2.14. The molecule has 0 spiro atoms. The quantitative estimate of drug-likeness (QED) is 0.446. The van der Waals surface area contributed by atoms with Crippen molar-refractivity contribution in [3.05, 3.63) is 12.2 Å². The average Bonchev–Trinajstić information content (AvgIpc) is 2.18. The van der Waals surface area contributed by atoms with E-state index >= 15 is 0 Å². The summed E-state index contributed by atoms with van der Waals surface area (Å²) in [7, 11) is 0. The van der Waals surface area contributed by atoms with Crippen LogP contribution in [0.15, 0.2) is 12.2 Å². The molecule has 72 valence electrons. The van der Waals surface area contributed by atoms with Gasteiger partial charge in [0.1, 0.15) is 6.29 Å². The Bertz CT molecular complexity index is 219. The van der Waals surface area contributed by atoms with Crippen LogP contribution < -0.4 is 0 Å². The van der Waals surface area contributed by atoms with Gasteiger partial charge < -0.3 is 4.79 Å². The van der Waals surface area contributed by atoms with Gasteiger partial charge in [0.25, 0.3) is 0 Å². The lowest BCUT2D eigenvalue weighted by molar-refractivity contribution is -0.114. The minimum atomic E-state index is 0.301. The van der Waals surface area contributed by atoms with Crippen LogP contribution in [0.4, 0.5) is 0 Å². The van der Waals surface area contributed by atoms with E-state index in [0.717, 1.165) is 0 Å². The van der Waals surface area contributed by atoms with Gasteiger partial charge in [-0.15, -0.1) is 0 Å². The van der Waals surface area contributed by atoms with E-state index in [2.05, 4.69) is 19.1 Å². The van der Waals surface area contributed by atoms with Crippen LogP contribution in [0.3, 0.4) is 0 Å². The predicted molar refractivity (Wildman–Crippen MR) is 53.3 cm³/mol. The third-order valence-corrected chi connectivity index (χ3v) is 3.80. The molecule has 1 saturated carbocycles. The fourth-order valence-corrected chi connectivity index (χ4v) is 2.97. The molecule has 0 saturated heterocycles. The first-order chi connectivity index (χ1) is 6.33. The van der Waals surface area contributed by atoms with E-state index < -0.39 is 0 Å². The van der Waals surface area contributed by atoms with E-state index in [9.17, 15) is 4.79 Å². The van der Waals surface area contributed by atoms with Crippen molar-refractivity contribution in [1.29, 1.82) is 0 Å². The summed E-state index contributed by atoms with van der Waals surface area (Å²) < 4.78 is 0. The number of hydrogen-bond donors (Lipinski definition) is 0. The number of fused-ring (bicyclic) bond motifs is 1. The topological polar surface area (TPSA) is 17.1 Å². The number of aldehydes is 1. The molecule has 0 N–H and O–H groups in total. The third kappa shape index (κ3) is 1.56. The van der Waals surface area contributed by atoms with Crippen molar-refractivity contribution in [1.82, 2.24) is 0 Å². The fraction of sp³-hybridized carbons (Fsp3) is 0.750. The lowest BCUT2D eigenvalue weighted by atomic mass is 9.66. The second kappa shape index (κ2) is 3.65. The number of allylic oxidation sites excluding steroid dienone is 2. The summed E-state index contributed by atoms with van der Waals surface area (Å²) in [4.78, 5) is 11.0. The minimum absolute atomic E-state index is 0.301. The molecule has 0 bridgehead atoms. The second-order valence-electron chi connectivity index (χ2n) is 4.57. The number of carbonyl (C=O) groups is 1. The molecule has 0 aliphatic heterocycles. The highest BCUT2D eigenvalue weighted by Crippen LogP contribution is 2.41. The Hall–Kier alpha value is -0.590. The van der Waals surface area contributed by atoms with Crippen molar-refractivity contribution in [3.8, 4) is 0 Å². The highest BCUT2D eigenvalue weighted by atomic mass is 16.1. The Labute approximate surface area is 80.2 Å². The first kappa shape index (κ1) is 8.98. The molecule has 13 heavy (non-hydrogen) atoms. The van der Waals surface area contributed by atoms with Gasteiger partial charge >= 0.3 is 0 Å². The molecule has 0 aromatic carbocycles. The van der Waals surface area contributed by atoms with E-state index in [-0.39, 0.29) is 0 Å². The Kier molecular flexibility index (Phi) is 2.52. The Morgan fingerprint density at radius 2 is 2.00 bits per heavy atom. The molecule has 1 nitrogen and oxygen atoms in total. The molecule has 0 aromatic rings. The molecule has 0 radical (unpaired) electrons. The summed E-state index contributed by atoms with van der Waals surface area (Å²) >= 11 is 0. The van der Waals surface area contributed by atoms with Gasteiger partial charge in [0.15, 0.2) is 0 Å². The monoisotopic (exact) mass is 178 g/mol.